The molecule has 1 aromatic heterocycles. The molecule has 0 radical (unpaired) electrons. The molecule has 0 amide bonds. The molecule has 0 spiro atoms. The molecule has 0 aromatic carbocycles. The Labute approximate surface area is 103 Å². The first kappa shape index (κ1) is 12.1. The van der Waals surface area contributed by atoms with E-state index in [2.05, 4.69) is 22.2 Å². The predicted molar refractivity (Wildman–Crippen MR) is 71.0 cm³/mol. The van der Waals surface area contributed by atoms with Crippen molar-refractivity contribution in [2.24, 2.45) is 5.92 Å². The molecule has 1 aliphatic carbocycles. The maximum absolute atomic E-state index is 5.90. The van der Waals surface area contributed by atoms with E-state index in [1.54, 1.807) is 0 Å². The van der Waals surface area contributed by atoms with E-state index in [9.17, 15) is 0 Å². The van der Waals surface area contributed by atoms with Crippen molar-refractivity contribution in [2.75, 3.05) is 11.1 Å². The van der Waals surface area contributed by atoms with E-state index in [1.807, 2.05) is 13.8 Å². The second-order valence-corrected chi connectivity index (χ2v) is 5.08. The lowest BCUT2D eigenvalue weighted by molar-refractivity contribution is 0.638. The molecule has 1 atom stereocenters. The molecule has 94 valence electrons. The highest BCUT2D eigenvalue weighted by molar-refractivity contribution is 5.55. The Hall–Kier alpha value is -1.32. The summed E-state index contributed by atoms with van der Waals surface area (Å²) in [6.07, 6.45) is 4.81. The molecule has 3 N–H and O–H groups in total. The molecule has 17 heavy (non-hydrogen) atoms. The summed E-state index contributed by atoms with van der Waals surface area (Å²) in [7, 11) is 0. The van der Waals surface area contributed by atoms with E-state index in [1.165, 1.54) is 19.3 Å². The minimum atomic E-state index is 0.459. The molecule has 0 saturated heterocycles. The van der Waals surface area contributed by atoms with Crippen molar-refractivity contribution in [1.82, 2.24) is 9.97 Å². The van der Waals surface area contributed by atoms with Gasteiger partial charge in [-0.2, -0.15) is 0 Å². The highest BCUT2D eigenvalue weighted by Gasteiger charge is 2.24. The molecule has 1 aromatic rings. The lowest BCUT2D eigenvalue weighted by atomic mass is 10.1. The second kappa shape index (κ2) is 4.90. The largest absolute Gasteiger partial charge is 0.383 e. The topological polar surface area (TPSA) is 63.8 Å². The van der Waals surface area contributed by atoms with Gasteiger partial charge < -0.3 is 11.1 Å². The van der Waals surface area contributed by atoms with Crippen LogP contribution >= 0.6 is 0 Å². The van der Waals surface area contributed by atoms with Gasteiger partial charge in [-0.05, 0) is 26.2 Å². The summed E-state index contributed by atoms with van der Waals surface area (Å²) < 4.78 is 0. The van der Waals surface area contributed by atoms with Gasteiger partial charge in [-0.1, -0.05) is 19.8 Å². The van der Waals surface area contributed by atoms with Gasteiger partial charge in [0.15, 0.2) is 0 Å². The van der Waals surface area contributed by atoms with Gasteiger partial charge in [0.1, 0.15) is 17.5 Å². The third-order valence-electron chi connectivity index (χ3n) is 3.31. The number of nitrogens with two attached hydrogens (primary N) is 1. The molecule has 1 saturated carbocycles. The fourth-order valence-electron chi connectivity index (χ4n) is 2.03. The van der Waals surface area contributed by atoms with Crippen LogP contribution in [0.4, 0.5) is 11.6 Å². The molecule has 2 rings (SSSR count). The Balaban J connectivity index is 2.09. The first-order valence-corrected chi connectivity index (χ1v) is 6.49. The predicted octanol–water partition coefficient (Wildman–Crippen LogP) is 2.53. The van der Waals surface area contributed by atoms with Gasteiger partial charge in [-0.3, -0.25) is 0 Å². The number of hydrogen-bond acceptors (Lipinski definition) is 4. The third-order valence-corrected chi connectivity index (χ3v) is 3.31. The molecule has 0 aliphatic heterocycles. The van der Waals surface area contributed by atoms with E-state index in [0.717, 1.165) is 29.5 Å². The average Bonchev–Trinajstić information content (AvgIpc) is 3.08. The first-order chi connectivity index (χ1) is 8.10. The third kappa shape index (κ3) is 3.08. The van der Waals surface area contributed by atoms with Crippen molar-refractivity contribution < 1.29 is 0 Å². The van der Waals surface area contributed by atoms with E-state index in [4.69, 9.17) is 5.73 Å². The quantitative estimate of drug-likeness (QED) is 0.821. The van der Waals surface area contributed by atoms with Gasteiger partial charge in [0, 0.05) is 18.0 Å². The van der Waals surface area contributed by atoms with E-state index >= 15 is 0 Å². The zero-order valence-corrected chi connectivity index (χ0v) is 11.0. The zero-order chi connectivity index (χ0) is 12.4. The summed E-state index contributed by atoms with van der Waals surface area (Å²) >= 11 is 0. The number of aromatic nitrogens is 2. The Morgan fingerprint density at radius 2 is 2.12 bits per heavy atom. The van der Waals surface area contributed by atoms with E-state index in [0.29, 0.717) is 11.9 Å². The maximum atomic E-state index is 5.90. The number of nitrogens with zero attached hydrogens (tertiary/aromatic N) is 2. The lowest BCUT2D eigenvalue weighted by Crippen LogP contribution is -2.19. The van der Waals surface area contributed by atoms with Gasteiger partial charge in [0.25, 0.3) is 0 Å². The van der Waals surface area contributed by atoms with Crippen LogP contribution in [0.25, 0.3) is 0 Å². The molecule has 1 fully saturated rings. The van der Waals surface area contributed by atoms with E-state index < -0.39 is 0 Å². The standard InChI is InChI=1S/C13H22N4/c1-4-11-16-12(14)9(3)13(17-11)15-8(2)7-10-5-6-10/h8,10H,4-7H2,1-3H3,(H3,14,15,16,17). The lowest BCUT2D eigenvalue weighted by Gasteiger charge is -2.17. The van der Waals surface area contributed by atoms with Crippen molar-refractivity contribution in [2.45, 2.75) is 52.5 Å². The smallest absolute Gasteiger partial charge is 0.134 e. The zero-order valence-electron chi connectivity index (χ0n) is 11.0. The summed E-state index contributed by atoms with van der Waals surface area (Å²) in [6.45, 7) is 6.23. The van der Waals surface area contributed by atoms with Crippen LogP contribution in [0.1, 0.15) is 44.5 Å². The molecular formula is C13H22N4. The highest BCUT2D eigenvalue weighted by atomic mass is 15.1. The summed E-state index contributed by atoms with van der Waals surface area (Å²) in [5.41, 5.74) is 6.86. The Kier molecular flexibility index (Phi) is 3.50. The SMILES string of the molecule is CCc1nc(N)c(C)c(NC(C)CC2CC2)n1. The van der Waals surface area contributed by atoms with Crippen LogP contribution < -0.4 is 11.1 Å². The van der Waals surface area contributed by atoms with Crippen LogP contribution in [-0.2, 0) is 6.42 Å². The van der Waals surface area contributed by atoms with Crippen molar-refractivity contribution >= 4 is 11.6 Å². The van der Waals surface area contributed by atoms with Crippen LogP contribution in [0.15, 0.2) is 0 Å². The van der Waals surface area contributed by atoms with Crippen LogP contribution in [0, 0.1) is 12.8 Å². The number of aryl methyl sites for hydroxylation is 1. The molecular weight excluding hydrogens is 212 g/mol. The van der Waals surface area contributed by atoms with Crippen LogP contribution in [0.5, 0.6) is 0 Å². The molecule has 0 bridgehead atoms. The molecule has 1 heterocycles. The van der Waals surface area contributed by atoms with Gasteiger partial charge in [-0.25, -0.2) is 9.97 Å². The van der Waals surface area contributed by atoms with Gasteiger partial charge >= 0.3 is 0 Å². The van der Waals surface area contributed by atoms with Gasteiger partial charge in [0.2, 0.25) is 0 Å². The summed E-state index contributed by atoms with van der Waals surface area (Å²) in [4.78, 5) is 8.78. The minimum Gasteiger partial charge on any atom is -0.383 e. The summed E-state index contributed by atoms with van der Waals surface area (Å²) in [5, 5.41) is 3.47. The minimum absolute atomic E-state index is 0.459. The van der Waals surface area contributed by atoms with Crippen molar-refractivity contribution in [3.8, 4) is 0 Å². The van der Waals surface area contributed by atoms with E-state index in [-0.39, 0.29) is 0 Å². The monoisotopic (exact) mass is 234 g/mol. The Morgan fingerprint density at radius 3 is 2.71 bits per heavy atom. The van der Waals surface area contributed by atoms with Gasteiger partial charge in [-0.15, -0.1) is 0 Å². The number of nitrogen functional groups attached to an aromatic ring is 1. The second-order valence-electron chi connectivity index (χ2n) is 5.08. The average molecular weight is 234 g/mol. The Morgan fingerprint density at radius 1 is 1.41 bits per heavy atom. The number of anilines is 2. The van der Waals surface area contributed by atoms with Crippen molar-refractivity contribution in [3.05, 3.63) is 11.4 Å². The highest BCUT2D eigenvalue weighted by Crippen LogP contribution is 2.34. The Bertz CT molecular complexity index is 399. The molecule has 4 heteroatoms. The van der Waals surface area contributed by atoms with Gasteiger partial charge in [0.05, 0.1) is 0 Å². The number of hydrogen-bond donors (Lipinski definition) is 2. The summed E-state index contributed by atoms with van der Waals surface area (Å²) in [6, 6.07) is 0.459. The summed E-state index contributed by atoms with van der Waals surface area (Å²) in [5.74, 6) is 3.23. The normalized spacial score (nSPS) is 16.9. The van der Waals surface area contributed by atoms with Crippen molar-refractivity contribution in [3.63, 3.8) is 0 Å². The first-order valence-electron chi connectivity index (χ1n) is 6.49. The fraction of sp³-hybridized carbons (Fsp3) is 0.692. The molecule has 1 aliphatic rings. The molecule has 4 nitrogen and oxygen atoms in total. The number of nitrogens with one attached hydrogen (secondary N) is 1. The maximum Gasteiger partial charge on any atom is 0.134 e. The van der Waals surface area contributed by atoms with Crippen LogP contribution in [-0.4, -0.2) is 16.0 Å². The van der Waals surface area contributed by atoms with Crippen molar-refractivity contribution in [1.29, 1.82) is 0 Å². The number of rotatable bonds is 5. The molecule has 1 unspecified atom stereocenters. The van der Waals surface area contributed by atoms with Crippen LogP contribution in [0.2, 0.25) is 0 Å². The fourth-order valence-corrected chi connectivity index (χ4v) is 2.03. The van der Waals surface area contributed by atoms with Crippen LogP contribution in [0.3, 0.4) is 0 Å².